The molecule has 0 unspecified atom stereocenters. The summed E-state index contributed by atoms with van der Waals surface area (Å²) in [6.07, 6.45) is 7.30. The van der Waals surface area contributed by atoms with Crippen LogP contribution in [0.5, 0.6) is 0 Å². The Morgan fingerprint density at radius 2 is 2.10 bits per heavy atom. The van der Waals surface area contributed by atoms with Crippen molar-refractivity contribution >= 4 is 10.9 Å². The molecule has 20 heavy (non-hydrogen) atoms. The molecule has 0 spiro atoms. The van der Waals surface area contributed by atoms with Crippen molar-refractivity contribution in [1.82, 2.24) is 9.47 Å². The van der Waals surface area contributed by atoms with Crippen LogP contribution >= 0.6 is 0 Å². The van der Waals surface area contributed by atoms with Gasteiger partial charge in [0.2, 0.25) is 0 Å². The second-order valence-corrected chi connectivity index (χ2v) is 6.74. The van der Waals surface area contributed by atoms with E-state index in [0.29, 0.717) is 18.0 Å². The van der Waals surface area contributed by atoms with Crippen molar-refractivity contribution in [3.05, 3.63) is 41.9 Å². The molecule has 2 aromatic rings. The lowest BCUT2D eigenvalue weighted by atomic mass is 9.75. The quantitative estimate of drug-likeness (QED) is 0.763. The van der Waals surface area contributed by atoms with Crippen molar-refractivity contribution < 1.29 is 0 Å². The molecule has 1 aliphatic heterocycles. The number of nitrogens with zero attached hydrogens (tertiary/aromatic N) is 2. The molecule has 0 amide bonds. The van der Waals surface area contributed by atoms with Gasteiger partial charge in [-0.05, 0) is 57.4 Å². The Bertz CT molecular complexity index is 653. The van der Waals surface area contributed by atoms with Crippen molar-refractivity contribution in [2.75, 3.05) is 13.6 Å². The Hall–Kier alpha value is -1.28. The van der Waals surface area contributed by atoms with Gasteiger partial charge < -0.3 is 9.47 Å². The molecule has 1 aromatic carbocycles. The summed E-state index contributed by atoms with van der Waals surface area (Å²) < 4.78 is 2.45. The molecule has 1 aromatic heterocycles. The van der Waals surface area contributed by atoms with E-state index in [0.717, 1.165) is 6.54 Å². The number of fused-ring (bicyclic) bond motifs is 2. The zero-order valence-corrected chi connectivity index (χ0v) is 12.6. The van der Waals surface area contributed by atoms with Crippen LogP contribution in [-0.2, 0) is 6.42 Å². The van der Waals surface area contributed by atoms with Crippen LogP contribution in [0, 0.1) is 6.42 Å². The molecule has 4 rings (SSSR count). The van der Waals surface area contributed by atoms with E-state index >= 15 is 0 Å². The van der Waals surface area contributed by atoms with Crippen LogP contribution in [0.25, 0.3) is 10.9 Å². The van der Waals surface area contributed by atoms with Crippen molar-refractivity contribution in [3.8, 4) is 0 Å². The number of aromatic nitrogens is 1. The van der Waals surface area contributed by atoms with Gasteiger partial charge in [0.05, 0.1) is 0 Å². The van der Waals surface area contributed by atoms with Crippen LogP contribution in [0.15, 0.2) is 24.4 Å². The molecule has 105 valence electrons. The molecule has 0 bridgehead atoms. The predicted octanol–water partition coefficient (Wildman–Crippen LogP) is 3.77. The van der Waals surface area contributed by atoms with Crippen LogP contribution in [0.3, 0.4) is 0 Å². The highest BCUT2D eigenvalue weighted by Crippen LogP contribution is 2.43. The van der Waals surface area contributed by atoms with E-state index in [1.807, 2.05) is 0 Å². The Balaban J connectivity index is 1.95. The van der Waals surface area contributed by atoms with Crippen LogP contribution in [0.1, 0.15) is 43.4 Å². The Morgan fingerprint density at radius 1 is 1.25 bits per heavy atom. The van der Waals surface area contributed by atoms with Gasteiger partial charge in [-0.2, -0.15) is 0 Å². The number of piperidine rings is 1. The molecular formula is C18H23N2. The van der Waals surface area contributed by atoms with E-state index < -0.39 is 0 Å². The van der Waals surface area contributed by atoms with Crippen LogP contribution in [0.2, 0.25) is 0 Å². The maximum Gasteiger partial charge on any atom is 0.0488 e. The maximum absolute atomic E-state index is 2.53. The Labute approximate surface area is 121 Å². The summed E-state index contributed by atoms with van der Waals surface area (Å²) in [6, 6.07) is 8.11. The minimum absolute atomic E-state index is 0.533. The fourth-order valence-electron chi connectivity index (χ4n) is 4.23. The largest absolute Gasteiger partial charge is 0.345 e. The second-order valence-electron chi connectivity index (χ2n) is 6.74. The first-order valence-electron chi connectivity index (χ1n) is 7.81. The first kappa shape index (κ1) is 12.5. The number of likely N-dealkylation sites (tertiary alicyclic amines) is 1. The molecule has 1 saturated heterocycles. The van der Waals surface area contributed by atoms with E-state index in [-0.39, 0.29) is 0 Å². The summed E-state index contributed by atoms with van der Waals surface area (Å²) >= 11 is 0. The highest BCUT2D eigenvalue weighted by atomic mass is 15.1. The van der Waals surface area contributed by atoms with Crippen LogP contribution in [-0.4, -0.2) is 29.1 Å². The van der Waals surface area contributed by atoms with Crippen LogP contribution < -0.4 is 0 Å². The third-order valence-electron chi connectivity index (χ3n) is 5.22. The lowest BCUT2D eigenvalue weighted by molar-refractivity contribution is 0.187. The first-order valence-corrected chi connectivity index (χ1v) is 7.81. The fourth-order valence-corrected chi connectivity index (χ4v) is 4.23. The topological polar surface area (TPSA) is 8.17 Å². The summed E-state index contributed by atoms with van der Waals surface area (Å²) in [6.45, 7) is 5.69. The van der Waals surface area contributed by atoms with Gasteiger partial charge in [0.25, 0.3) is 0 Å². The van der Waals surface area contributed by atoms with Crippen molar-refractivity contribution in [2.24, 2.45) is 0 Å². The van der Waals surface area contributed by atoms with E-state index in [1.165, 1.54) is 18.4 Å². The molecule has 0 saturated carbocycles. The molecule has 0 N–H and O–H groups in total. The smallest absolute Gasteiger partial charge is 0.0488 e. The number of hydrogen-bond donors (Lipinski definition) is 0. The molecule has 1 radical (unpaired) electrons. The number of rotatable bonds is 1. The molecule has 1 aliphatic carbocycles. The Morgan fingerprint density at radius 3 is 2.90 bits per heavy atom. The minimum atomic E-state index is 0.533. The number of likely N-dealkylation sites (N-methyl/N-ethyl adjacent to an activating group) is 1. The van der Waals surface area contributed by atoms with Gasteiger partial charge in [-0.3, -0.25) is 0 Å². The van der Waals surface area contributed by atoms with Gasteiger partial charge in [-0.1, -0.05) is 12.1 Å². The van der Waals surface area contributed by atoms with Gasteiger partial charge in [0.1, 0.15) is 0 Å². The lowest BCUT2D eigenvalue weighted by Gasteiger charge is -2.42. The van der Waals surface area contributed by atoms with Crippen molar-refractivity contribution in [3.63, 3.8) is 0 Å². The standard InChI is InChI=1S/C18H23N2/c1-12(2)20-11-13-10-17-14(7-5-9-19(17)3)15-6-4-8-16(20)18(13)15/h4-6,8,11-12,14,17H,7,9-10H2,1-3H3/t14-,17-/m1/s1. The maximum atomic E-state index is 2.53. The molecule has 2 heterocycles. The van der Waals surface area contributed by atoms with E-state index in [9.17, 15) is 0 Å². The molecule has 2 heteroatoms. The number of benzene rings is 1. The summed E-state index contributed by atoms with van der Waals surface area (Å²) in [5.41, 5.74) is 4.56. The van der Waals surface area contributed by atoms with Gasteiger partial charge in [-0.25, -0.2) is 0 Å². The van der Waals surface area contributed by atoms with Crippen molar-refractivity contribution in [1.29, 1.82) is 0 Å². The Kier molecular flexibility index (Phi) is 2.71. The molecule has 2 atom stereocenters. The highest BCUT2D eigenvalue weighted by Gasteiger charge is 2.36. The minimum Gasteiger partial charge on any atom is -0.345 e. The second kappa shape index (κ2) is 4.36. The van der Waals surface area contributed by atoms with Gasteiger partial charge in [0.15, 0.2) is 0 Å². The first-order chi connectivity index (χ1) is 9.66. The van der Waals surface area contributed by atoms with E-state index in [1.54, 1.807) is 16.5 Å². The third-order valence-corrected chi connectivity index (χ3v) is 5.22. The zero-order chi connectivity index (χ0) is 13.9. The monoisotopic (exact) mass is 267 g/mol. The molecule has 2 nitrogen and oxygen atoms in total. The van der Waals surface area contributed by atoms with E-state index in [4.69, 9.17) is 0 Å². The zero-order valence-electron chi connectivity index (χ0n) is 12.6. The normalized spacial score (nSPS) is 26.2. The number of hydrogen-bond acceptors (Lipinski definition) is 1. The molecule has 2 aliphatic rings. The van der Waals surface area contributed by atoms with E-state index in [2.05, 4.69) is 61.2 Å². The third kappa shape index (κ3) is 1.61. The molecule has 1 fully saturated rings. The van der Waals surface area contributed by atoms with Gasteiger partial charge in [0, 0.05) is 41.6 Å². The summed E-state index contributed by atoms with van der Waals surface area (Å²) in [5, 5.41) is 1.55. The van der Waals surface area contributed by atoms with Crippen LogP contribution in [0.4, 0.5) is 0 Å². The summed E-state index contributed by atoms with van der Waals surface area (Å²) in [4.78, 5) is 2.53. The summed E-state index contributed by atoms with van der Waals surface area (Å²) in [5.74, 6) is 0.688. The average Bonchev–Trinajstić information content (AvgIpc) is 2.81. The SMILES string of the molecule is CC(C)n1cc2c3c(cccc31)[C@H]1C[CH]CN(C)[C@@H]1C2. The average molecular weight is 267 g/mol. The highest BCUT2D eigenvalue weighted by molar-refractivity contribution is 5.89. The summed E-state index contributed by atoms with van der Waals surface area (Å²) in [7, 11) is 2.28. The lowest BCUT2D eigenvalue weighted by Crippen LogP contribution is -2.44. The predicted molar refractivity (Wildman–Crippen MR) is 84.1 cm³/mol. The molecular weight excluding hydrogens is 244 g/mol. The van der Waals surface area contributed by atoms with Gasteiger partial charge >= 0.3 is 0 Å². The van der Waals surface area contributed by atoms with Gasteiger partial charge in [-0.15, -0.1) is 0 Å². The fraction of sp³-hybridized carbons (Fsp3) is 0.500. The van der Waals surface area contributed by atoms with Crippen molar-refractivity contribution in [2.45, 2.75) is 44.7 Å².